The van der Waals surface area contributed by atoms with Gasteiger partial charge in [0.25, 0.3) is 5.69 Å². The molecule has 1 aliphatic heterocycles. The van der Waals surface area contributed by atoms with E-state index in [1.54, 1.807) is 12.1 Å². The molecule has 9 heteroatoms. The zero-order valence-corrected chi connectivity index (χ0v) is 17.1. The molecule has 1 saturated heterocycles. The summed E-state index contributed by atoms with van der Waals surface area (Å²) in [5.74, 6) is -2.32. The van der Waals surface area contributed by atoms with Gasteiger partial charge in [0.15, 0.2) is 0 Å². The molecule has 1 fully saturated rings. The molecule has 0 unspecified atom stereocenters. The fourth-order valence-electron chi connectivity index (χ4n) is 3.34. The number of nitro groups is 1. The highest BCUT2D eigenvalue weighted by Crippen LogP contribution is 2.22. The number of nitrogens with zero attached hydrogens (tertiary/aromatic N) is 2. The van der Waals surface area contributed by atoms with Gasteiger partial charge in [-0.3, -0.25) is 15.0 Å². The quantitative estimate of drug-likeness (QED) is 0.389. The number of likely N-dealkylation sites (tertiary alicyclic amines) is 1. The summed E-state index contributed by atoms with van der Waals surface area (Å²) >= 11 is 0. The summed E-state index contributed by atoms with van der Waals surface area (Å²) in [6.45, 7) is 3.61. The van der Waals surface area contributed by atoms with E-state index in [-0.39, 0.29) is 5.69 Å². The Hall–Kier alpha value is -3.46. The van der Waals surface area contributed by atoms with Crippen molar-refractivity contribution in [2.75, 3.05) is 26.2 Å². The van der Waals surface area contributed by atoms with Gasteiger partial charge in [-0.25, -0.2) is 9.59 Å². The fourth-order valence-corrected chi connectivity index (χ4v) is 3.34. The number of carboxylic acid groups (broad SMARTS) is 2. The predicted molar refractivity (Wildman–Crippen MR) is 113 cm³/mol. The third kappa shape index (κ3) is 8.83. The van der Waals surface area contributed by atoms with Crippen LogP contribution in [0.2, 0.25) is 0 Å². The van der Waals surface area contributed by atoms with Gasteiger partial charge in [0.1, 0.15) is 12.4 Å². The first-order valence-corrected chi connectivity index (χ1v) is 9.95. The topological polar surface area (TPSA) is 130 Å². The number of benzene rings is 2. The SMILES string of the molecule is O=C(O)C(=O)O.O=[N+]([O-])c1cccc(OCCN2CCC(Cc3ccccc3)CC2)c1. The lowest BCUT2D eigenvalue weighted by atomic mass is 9.90. The van der Waals surface area contributed by atoms with Crippen molar-refractivity contribution in [3.8, 4) is 5.75 Å². The summed E-state index contributed by atoms with van der Waals surface area (Å²) in [7, 11) is 0. The van der Waals surface area contributed by atoms with Crippen LogP contribution in [0.3, 0.4) is 0 Å². The van der Waals surface area contributed by atoms with Crippen LogP contribution in [0.1, 0.15) is 18.4 Å². The Morgan fingerprint density at radius 3 is 2.26 bits per heavy atom. The maximum atomic E-state index is 10.8. The second kappa shape index (κ2) is 12.3. The van der Waals surface area contributed by atoms with Crippen LogP contribution >= 0.6 is 0 Å². The number of rotatable bonds is 7. The molecule has 31 heavy (non-hydrogen) atoms. The first-order chi connectivity index (χ1) is 14.8. The second-order valence-corrected chi connectivity index (χ2v) is 7.19. The van der Waals surface area contributed by atoms with E-state index in [4.69, 9.17) is 24.5 Å². The fraction of sp³-hybridized carbons (Fsp3) is 0.364. The second-order valence-electron chi connectivity index (χ2n) is 7.19. The van der Waals surface area contributed by atoms with Gasteiger partial charge >= 0.3 is 11.9 Å². The molecule has 0 bridgehead atoms. The molecule has 2 aromatic carbocycles. The Morgan fingerprint density at radius 1 is 1.03 bits per heavy atom. The van der Waals surface area contributed by atoms with Gasteiger partial charge in [-0.05, 0) is 49.9 Å². The lowest BCUT2D eigenvalue weighted by Crippen LogP contribution is -2.37. The summed E-state index contributed by atoms with van der Waals surface area (Å²) in [5, 5.41) is 25.6. The Bertz CT molecular complexity index is 853. The minimum absolute atomic E-state index is 0.0687. The molecule has 0 saturated carbocycles. The van der Waals surface area contributed by atoms with E-state index in [1.165, 1.54) is 37.0 Å². The zero-order chi connectivity index (χ0) is 22.6. The minimum atomic E-state index is -1.82. The van der Waals surface area contributed by atoms with E-state index < -0.39 is 16.9 Å². The minimum Gasteiger partial charge on any atom is -0.492 e. The number of hydrogen-bond acceptors (Lipinski definition) is 6. The Balaban J connectivity index is 0.000000501. The number of ether oxygens (including phenoxy) is 1. The smallest absolute Gasteiger partial charge is 0.414 e. The summed E-state index contributed by atoms with van der Waals surface area (Å²) < 4.78 is 5.68. The van der Waals surface area contributed by atoms with E-state index in [2.05, 4.69) is 35.2 Å². The number of nitro benzene ring substituents is 1. The van der Waals surface area contributed by atoms with Crippen molar-refractivity contribution in [1.29, 1.82) is 0 Å². The van der Waals surface area contributed by atoms with Crippen LogP contribution in [0.5, 0.6) is 5.75 Å². The van der Waals surface area contributed by atoms with E-state index in [0.29, 0.717) is 12.4 Å². The molecule has 1 heterocycles. The van der Waals surface area contributed by atoms with Crippen molar-refractivity contribution < 1.29 is 29.5 Å². The molecule has 1 aliphatic rings. The van der Waals surface area contributed by atoms with Crippen molar-refractivity contribution in [1.82, 2.24) is 4.90 Å². The average Bonchev–Trinajstić information content (AvgIpc) is 2.76. The molecule has 2 N–H and O–H groups in total. The normalized spacial score (nSPS) is 14.2. The summed E-state index contributed by atoms with van der Waals surface area (Å²) in [6.07, 6.45) is 3.59. The van der Waals surface area contributed by atoms with Crippen molar-refractivity contribution in [3.63, 3.8) is 0 Å². The van der Waals surface area contributed by atoms with E-state index >= 15 is 0 Å². The van der Waals surface area contributed by atoms with Gasteiger partial charge < -0.3 is 14.9 Å². The van der Waals surface area contributed by atoms with Gasteiger partial charge in [-0.15, -0.1) is 0 Å². The van der Waals surface area contributed by atoms with Crippen LogP contribution in [-0.4, -0.2) is 58.2 Å². The first kappa shape index (κ1) is 23.8. The molecule has 0 aliphatic carbocycles. The molecule has 0 spiro atoms. The molecular formula is C22H26N2O7. The first-order valence-electron chi connectivity index (χ1n) is 9.95. The van der Waals surface area contributed by atoms with Crippen molar-refractivity contribution in [3.05, 3.63) is 70.3 Å². The van der Waals surface area contributed by atoms with Gasteiger partial charge in [0.05, 0.1) is 11.0 Å². The van der Waals surface area contributed by atoms with Crippen molar-refractivity contribution in [2.24, 2.45) is 5.92 Å². The van der Waals surface area contributed by atoms with Gasteiger partial charge in [-0.2, -0.15) is 0 Å². The molecule has 2 aromatic rings. The van der Waals surface area contributed by atoms with Crippen LogP contribution < -0.4 is 4.74 Å². The van der Waals surface area contributed by atoms with Gasteiger partial charge in [0, 0.05) is 12.6 Å². The summed E-state index contributed by atoms with van der Waals surface area (Å²) in [4.78, 5) is 31.0. The number of carboxylic acids is 2. The van der Waals surface area contributed by atoms with Crippen molar-refractivity contribution in [2.45, 2.75) is 19.3 Å². The van der Waals surface area contributed by atoms with Crippen LogP contribution in [0.25, 0.3) is 0 Å². The van der Waals surface area contributed by atoms with Gasteiger partial charge in [-0.1, -0.05) is 36.4 Å². The number of carbonyl (C=O) groups is 2. The number of hydrogen-bond donors (Lipinski definition) is 2. The molecule has 0 atom stereocenters. The molecule has 0 radical (unpaired) electrons. The molecule has 0 aromatic heterocycles. The summed E-state index contributed by atoms with van der Waals surface area (Å²) in [6, 6.07) is 17.1. The van der Waals surface area contributed by atoms with E-state index in [9.17, 15) is 10.1 Å². The molecule has 0 amide bonds. The monoisotopic (exact) mass is 430 g/mol. The predicted octanol–water partition coefficient (Wildman–Crippen LogP) is 3.08. The third-order valence-electron chi connectivity index (χ3n) is 4.96. The van der Waals surface area contributed by atoms with Crippen LogP contribution in [0.4, 0.5) is 5.69 Å². The highest BCUT2D eigenvalue weighted by molar-refractivity contribution is 6.27. The standard InChI is InChI=1S/C20H24N2O3.C2H2O4/c23-22(24)19-7-4-8-20(16-19)25-14-13-21-11-9-18(10-12-21)15-17-5-2-1-3-6-17;3-1(4)2(5)6/h1-8,16,18H,9-15H2;(H,3,4)(H,5,6). The van der Waals surface area contributed by atoms with Crippen LogP contribution in [0, 0.1) is 16.0 Å². The molecule has 9 nitrogen and oxygen atoms in total. The number of piperidine rings is 1. The molecule has 166 valence electrons. The van der Waals surface area contributed by atoms with Gasteiger partial charge in [0.2, 0.25) is 0 Å². The maximum absolute atomic E-state index is 10.8. The zero-order valence-electron chi connectivity index (χ0n) is 17.1. The number of non-ortho nitro benzene ring substituents is 1. The average molecular weight is 430 g/mol. The lowest BCUT2D eigenvalue weighted by Gasteiger charge is -2.31. The maximum Gasteiger partial charge on any atom is 0.414 e. The number of aliphatic carboxylic acids is 2. The van der Waals surface area contributed by atoms with Crippen molar-refractivity contribution >= 4 is 17.6 Å². The largest absolute Gasteiger partial charge is 0.492 e. The molecule has 3 rings (SSSR count). The lowest BCUT2D eigenvalue weighted by molar-refractivity contribution is -0.384. The van der Waals surface area contributed by atoms with E-state index in [0.717, 1.165) is 25.6 Å². The van der Waals surface area contributed by atoms with E-state index in [1.807, 2.05) is 0 Å². The summed E-state index contributed by atoms with van der Waals surface area (Å²) in [5.41, 5.74) is 1.49. The Kier molecular flexibility index (Phi) is 9.44. The molecular weight excluding hydrogens is 404 g/mol. The third-order valence-corrected chi connectivity index (χ3v) is 4.96. The highest BCUT2D eigenvalue weighted by Gasteiger charge is 2.19. The van der Waals surface area contributed by atoms with Crippen LogP contribution in [0.15, 0.2) is 54.6 Å². The Morgan fingerprint density at radius 2 is 1.68 bits per heavy atom. The van der Waals surface area contributed by atoms with Crippen LogP contribution in [-0.2, 0) is 16.0 Å². The highest BCUT2D eigenvalue weighted by atomic mass is 16.6. The Labute approximate surface area is 180 Å².